The molecule has 0 spiro atoms. The van der Waals surface area contributed by atoms with Crippen molar-refractivity contribution in [3.05, 3.63) is 0 Å². The van der Waals surface area contributed by atoms with Crippen molar-refractivity contribution < 1.29 is 69.2 Å². The normalized spacial score (nSPS) is 11.7. The zero-order chi connectivity index (χ0) is 38.8. The first kappa shape index (κ1) is 63.2. The van der Waals surface area contributed by atoms with Crippen molar-refractivity contribution in [2.45, 2.75) is 228 Å². The summed E-state index contributed by atoms with van der Waals surface area (Å²) < 4.78 is 0. The van der Waals surface area contributed by atoms with Crippen LogP contribution in [-0.2, 0) is 19.2 Å². The van der Waals surface area contributed by atoms with Gasteiger partial charge in [-0.25, -0.2) is 0 Å². The molecule has 0 aliphatic rings. The van der Waals surface area contributed by atoms with Crippen molar-refractivity contribution in [1.29, 1.82) is 0 Å². The second-order valence-corrected chi connectivity index (χ2v) is 13.8. The standard InChI is InChI=1S/C18H36O2.3C8H16O2.Na.H2S/c1-2-3-4-5-6-7-8-9-10-11-12-13-14-15-16-17-18(19)20;3*1-3-5-6-7(4-2)8(9)10;;/h2-17H2,1H3,(H,19,20);3*7H,3-6H2,1-2H3,(H,9,10);;1H2/q;;;;+1;/p-1. The van der Waals surface area contributed by atoms with E-state index in [2.05, 4.69) is 27.7 Å². The Morgan fingerprint density at radius 1 is 0.423 bits per heavy atom. The summed E-state index contributed by atoms with van der Waals surface area (Å²) in [5, 5.41) is 36.0. The Hall–Kier alpha value is -0.770. The second kappa shape index (κ2) is 52.3. The third-order valence-electron chi connectivity index (χ3n) is 9.22. The molecule has 0 saturated heterocycles. The molecule has 0 heterocycles. The van der Waals surface area contributed by atoms with Crippen LogP contribution in [0.4, 0.5) is 0 Å². The van der Waals surface area contributed by atoms with Crippen LogP contribution in [0.3, 0.4) is 0 Å². The smallest absolute Gasteiger partial charge is 0.550 e. The predicted octanol–water partition coefficient (Wildman–Crippen LogP) is 8.98. The molecule has 0 amide bonds. The molecule has 8 nitrogen and oxygen atoms in total. The molecule has 52 heavy (non-hydrogen) atoms. The van der Waals surface area contributed by atoms with Crippen LogP contribution in [0, 0.1) is 17.8 Å². The number of rotatable bonds is 31. The molecule has 3 unspecified atom stereocenters. The van der Waals surface area contributed by atoms with Gasteiger partial charge in [-0.3, -0.25) is 14.4 Å². The van der Waals surface area contributed by atoms with Crippen LogP contribution in [-0.4, -0.2) is 39.2 Å². The molecular weight excluding hydrogens is 688 g/mol. The van der Waals surface area contributed by atoms with Crippen molar-refractivity contribution in [2.24, 2.45) is 17.8 Å². The first-order valence-electron chi connectivity index (χ1n) is 20.8. The van der Waals surface area contributed by atoms with Gasteiger partial charge in [-0.2, -0.15) is 13.5 Å². The average molecular weight is 773 g/mol. The molecule has 3 N–H and O–H groups in total. The van der Waals surface area contributed by atoms with Crippen LogP contribution >= 0.6 is 13.5 Å². The van der Waals surface area contributed by atoms with Crippen molar-refractivity contribution in [1.82, 2.24) is 0 Å². The predicted molar refractivity (Wildman–Crippen MR) is 218 cm³/mol. The number of carboxylic acids is 4. The quantitative estimate of drug-likeness (QED) is 0.0467. The fourth-order valence-corrected chi connectivity index (χ4v) is 5.49. The van der Waals surface area contributed by atoms with Gasteiger partial charge in [0.05, 0.1) is 11.8 Å². The van der Waals surface area contributed by atoms with E-state index in [1.54, 1.807) is 0 Å². The van der Waals surface area contributed by atoms with Crippen LogP contribution < -0.4 is 34.7 Å². The van der Waals surface area contributed by atoms with Gasteiger partial charge >= 0.3 is 47.5 Å². The average Bonchev–Trinajstić information content (AvgIpc) is 3.08. The molecule has 0 aliphatic heterocycles. The Labute approximate surface area is 350 Å². The maximum atomic E-state index is 10.4. The minimum atomic E-state index is -0.893. The van der Waals surface area contributed by atoms with Crippen LogP contribution in [0.1, 0.15) is 228 Å². The van der Waals surface area contributed by atoms with Gasteiger partial charge in [0.2, 0.25) is 0 Å². The van der Waals surface area contributed by atoms with E-state index in [0.717, 1.165) is 83.5 Å². The Balaban J connectivity index is -0.000000142. The third kappa shape index (κ3) is 53.6. The molecule has 0 aromatic heterocycles. The van der Waals surface area contributed by atoms with E-state index in [1.807, 2.05) is 20.8 Å². The van der Waals surface area contributed by atoms with Crippen LogP contribution in [0.5, 0.6) is 0 Å². The zero-order valence-electron chi connectivity index (χ0n) is 35.4. The van der Waals surface area contributed by atoms with Gasteiger partial charge in [-0.1, -0.05) is 177 Å². The minimum Gasteiger partial charge on any atom is -0.550 e. The summed E-state index contributed by atoms with van der Waals surface area (Å²) in [5.74, 6) is -3.28. The van der Waals surface area contributed by atoms with Gasteiger partial charge in [0, 0.05) is 12.4 Å². The zero-order valence-corrected chi connectivity index (χ0v) is 38.4. The number of unbranched alkanes of at least 4 members (excludes halogenated alkanes) is 17. The van der Waals surface area contributed by atoms with E-state index < -0.39 is 23.9 Å². The van der Waals surface area contributed by atoms with Crippen LogP contribution in [0.25, 0.3) is 0 Å². The summed E-state index contributed by atoms with van der Waals surface area (Å²) in [7, 11) is 0. The van der Waals surface area contributed by atoms with Gasteiger partial charge < -0.3 is 25.2 Å². The Morgan fingerprint density at radius 3 is 0.885 bits per heavy atom. The Morgan fingerprint density at radius 2 is 0.673 bits per heavy atom. The minimum absolute atomic E-state index is 0. The fraction of sp³-hybridized carbons (Fsp3) is 0.905. The molecule has 0 aromatic rings. The number of carbonyl (C=O) groups excluding carboxylic acids is 1. The van der Waals surface area contributed by atoms with Gasteiger partial charge in [0.25, 0.3) is 0 Å². The second-order valence-electron chi connectivity index (χ2n) is 13.8. The van der Waals surface area contributed by atoms with E-state index in [1.165, 1.54) is 83.5 Å². The van der Waals surface area contributed by atoms with Crippen molar-refractivity contribution in [2.75, 3.05) is 0 Å². The first-order valence-corrected chi connectivity index (χ1v) is 20.8. The molecule has 0 radical (unpaired) electrons. The summed E-state index contributed by atoms with van der Waals surface area (Å²) in [6.45, 7) is 14.2. The molecule has 308 valence electrons. The first-order chi connectivity index (χ1) is 23.9. The topological polar surface area (TPSA) is 152 Å². The maximum absolute atomic E-state index is 10.4. The Bertz CT molecular complexity index is 692. The molecule has 3 atom stereocenters. The van der Waals surface area contributed by atoms with E-state index in [0.29, 0.717) is 12.8 Å². The van der Waals surface area contributed by atoms with Crippen LogP contribution in [0.15, 0.2) is 0 Å². The van der Waals surface area contributed by atoms with Crippen LogP contribution in [0.2, 0.25) is 0 Å². The molecular formula is C42H85NaO8S. The molecule has 0 aliphatic carbocycles. The molecule has 0 saturated carbocycles. The molecule has 10 heteroatoms. The van der Waals surface area contributed by atoms with Gasteiger partial charge in [0.15, 0.2) is 0 Å². The molecule has 0 bridgehead atoms. The molecule has 0 rings (SSSR count). The fourth-order valence-electron chi connectivity index (χ4n) is 5.49. The summed E-state index contributed by atoms with van der Waals surface area (Å²) in [4.78, 5) is 41.5. The summed E-state index contributed by atoms with van der Waals surface area (Å²) >= 11 is 0. The largest absolute Gasteiger partial charge is 1.00 e. The number of hydrogen-bond acceptors (Lipinski definition) is 5. The van der Waals surface area contributed by atoms with E-state index in [9.17, 15) is 24.3 Å². The SMILES string of the molecule is CCCCC(CC)C(=O)O.CCCCC(CC)C(=O)O.CCCCC(CC)C(=O)[O-].CCCCCCCCCCCCCCCCCC(=O)O.S.[Na+]. The maximum Gasteiger partial charge on any atom is 1.00 e. The van der Waals surface area contributed by atoms with Gasteiger partial charge in [-0.15, -0.1) is 0 Å². The summed E-state index contributed by atoms with van der Waals surface area (Å²) in [6, 6.07) is 0. The van der Waals surface area contributed by atoms with Crippen molar-refractivity contribution in [3.63, 3.8) is 0 Å². The number of aliphatic carboxylic acids is 4. The van der Waals surface area contributed by atoms with E-state index in [4.69, 9.17) is 15.3 Å². The number of hydrogen-bond donors (Lipinski definition) is 3. The summed E-state index contributed by atoms with van der Waals surface area (Å²) in [6.07, 6.45) is 31.2. The van der Waals surface area contributed by atoms with E-state index >= 15 is 0 Å². The number of carbonyl (C=O) groups is 4. The monoisotopic (exact) mass is 773 g/mol. The van der Waals surface area contributed by atoms with Gasteiger partial charge in [-0.05, 0) is 50.9 Å². The Kier molecular flexibility index (Phi) is 63.6. The van der Waals surface area contributed by atoms with Crippen molar-refractivity contribution in [3.8, 4) is 0 Å². The molecule has 0 fully saturated rings. The number of carboxylic acid groups (broad SMARTS) is 4. The molecule has 0 aromatic carbocycles. The van der Waals surface area contributed by atoms with E-state index in [-0.39, 0.29) is 60.8 Å². The van der Waals surface area contributed by atoms with Crippen molar-refractivity contribution >= 4 is 37.4 Å². The third-order valence-corrected chi connectivity index (χ3v) is 9.22. The van der Waals surface area contributed by atoms with Gasteiger partial charge in [0.1, 0.15) is 0 Å². The summed E-state index contributed by atoms with van der Waals surface area (Å²) in [5.41, 5.74) is 0.